The van der Waals surface area contributed by atoms with E-state index in [1.807, 2.05) is 24.3 Å². The fourth-order valence-corrected chi connectivity index (χ4v) is 2.73. The van der Waals surface area contributed by atoms with Crippen LogP contribution in [0.4, 0.5) is 0 Å². The van der Waals surface area contributed by atoms with Crippen LogP contribution in [0.3, 0.4) is 0 Å². The van der Waals surface area contributed by atoms with Crippen molar-refractivity contribution in [2.75, 3.05) is 20.2 Å². The molecule has 1 aliphatic heterocycles. The summed E-state index contributed by atoms with van der Waals surface area (Å²) in [6, 6.07) is 8.04. The van der Waals surface area contributed by atoms with Crippen molar-refractivity contribution in [3.05, 3.63) is 47.8 Å². The minimum absolute atomic E-state index is 0. The number of nitrogens with zero attached hydrogens (tertiary/aromatic N) is 2. The second-order valence-corrected chi connectivity index (χ2v) is 5.79. The third kappa shape index (κ3) is 4.72. The van der Waals surface area contributed by atoms with Crippen LogP contribution in [0.1, 0.15) is 28.8 Å². The van der Waals surface area contributed by atoms with E-state index in [0.717, 1.165) is 37.2 Å². The zero-order valence-corrected chi connectivity index (χ0v) is 14.5. The van der Waals surface area contributed by atoms with E-state index < -0.39 is 0 Å². The maximum atomic E-state index is 12.3. The lowest BCUT2D eigenvalue weighted by Gasteiger charge is -2.23. The minimum Gasteiger partial charge on any atom is -0.497 e. The average molecular weight is 351 g/mol. The van der Waals surface area contributed by atoms with E-state index in [0.29, 0.717) is 12.1 Å². The van der Waals surface area contributed by atoms with Crippen LogP contribution in [-0.4, -0.2) is 41.9 Å². The molecule has 3 rings (SSSR count). The van der Waals surface area contributed by atoms with Crippen molar-refractivity contribution in [1.82, 2.24) is 20.4 Å². The number of rotatable bonds is 5. The van der Waals surface area contributed by atoms with Gasteiger partial charge in [-0.15, -0.1) is 12.4 Å². The molecule has 24 heavy (non-hydrogen) atoms. The molecule has 2 aromatic rings. The smallest absolute Gasteiger partial charge is 0.254 e. The number of halogens is 1. The van der Waals surface area contributed by atoms with Gasteiger partial charge >= 0.3 is 0 Å². The number of carbonyl (C=O) groups is 1. The van der Waals surface area contributed by atoms with Crippen LogP contribution >= 0.6 is 12.4 Å². The molecule has 2 N–H and O–H groups in total. The summed E-state index contributed by atoms with van der Waals surface area (Å²) >= 11 is 0. The average Bonchev–Trinajstić information content (AvgIpc) is 3.05. The molecule has 6 nitrogen and oxygen atoms in total. The highest BCUT2D eigenvalue weighted by Crippen LogP contribution is 2.12. The quantitative estimate of drug-likeness (QED) is 0.863. The molecule has 0 saturated carbocycles. The summed E-state index contributed by atoms with van der Waals surface area (Å²) in [4.78, 5) is 12.3. The Hall–Kier alpha value is -2.05. The molecule has 1 saturated heterocycles. The van der Waals surface area contributed by atoms with Crippen LogP contribution in [0.5, 0.6) is 5.75 Å². The highest BCUT2D eigenvalue weighted by molar-refractivity contribution is 5.93. The third-order valence-electron chi connectivity index (χ3n) is 4.03. The van der Waals surface area contributed by atoms with Gasteiger partial charge in [0.25, 0.3) is 5.91 Å². The molecule has 7 heteroatoms. The first-order chi connectivity index (χ1) is 11.2. The second-order valence-electron chi connectivity index (χ2n) is 5.79. The number of benzene rings is 1. The number of carbonyl (C=O) groups excluding carboxylic acids is 1. The summed E-state index contributed by atoms with van der Waals surface area (Å²) in [6.45, 7) is 2.50. The summed E-state index contributed by atoms with van der Waals surface area (Å²) in [5.74, 6) is 0.773. The first-order valence-corrected chi connectivity index (χ1v) is 7.91. The molecule has 0 aliphatic carbocycles. The lowest BCUT2D eigenvalue weighted by molar-refractivity contribution is 0.0930. The molecule has 1 amide bonds. The Bertz CT molecular complexity index is 651. The lowest BCUT2D eigenvalue weighted by Crippen LogP contribution is -2.45. The van der Waals surface area contributed by atoms with E-state index in [9.17, 15) is 4.79 Å². The van der Waals surface area contributed by atoms with Crippen LogP contribution in [0.2, 0.25) is 0 Å². The number of amides is 1. The van der Waals surface area contributed by atoms with Crippen molar-refractivity contribution in [2.45, 2.75) is 25.4 Å². The maximum absolute atomic E-state index is 12.3. The molecule has 1 aromatic heterocycles. The van der Waals surface area contributed by atoms with Crippen LogP contribution in [-0.2, 0) is 6.54 Å². The molecular formula is C17H23ClN4O2. The summed E-state index contributed by atoms with van der Waals surface area (Å²) in [7, 11) is 1.65. The minimum atomic E-state index is -0.0559. The predicted molar refractivity (Wildman–Crippen MR) is 94.9 cm³/mol. The first-order valence-electron chi connectivity index (χ1n) is 7.91. The van der Waals surface area contributed by atoms with Crippen LogP contribution in [0, 0.1) is 0 Å². The summed E-state index contributed by atoms with van der Waals surface area (Å²) in [5.41, 5.74) is 1.71. The molecule has 0 bridgehead atoms. The van der Waals surface area contributed by atoms with Gasteiger partial charge in [0.1, 0.15) is 5.75 Å². The molecule has 2 heterocycles. The number of hydrogen-bond acceptors (Lipinski definition) is 4. The monoisotopic (exact) mass is 350 g/mol. The van der Waals surface area contributed by atoms with Crippen molar-refractivity contribution in [3.8, 4) is 5.75 Å². The molecule has 0 radical (unpaired) electrons. The number of aromatic nitrogens is 2. The zero-order valence-electron chi connectivity index (χ0n) is 13.7. The summed E-state index contributed by atoms with van der Waals surface area (Å²) in [6.07, 6.45) is 5.53. The molecule has 1 unspecified atom stereocenters. The highest BCUT2D eigenvalue weighted by atomic mass is 35.5. The number of nitrogens with one attached hydrogen (secondary N) is 2. The second kappa shape index (κ2) is 8.70. The number of hydrogen-bond donors (Lipinski definition) is 2. The van der Waals surface area contributed by atoms with Gasteiger partial charge in [-0.2, -0.15) is 5.10 Å². The summed E-state index contributed by atoms with van der Waals surface area (Å²) < 4.78 is 6.92. The number of piperidine rings is 1. The largest absolute Gasteiger partial charge is 0.497 e. The maximum Gasteiger partial charge on any atom is 0.254 e. The van der Waals surface area contributed by atoms with Crippen LogP contribution < -0.4 is 15.4 Å². The fraction of sp³-hybridized carbons (Fsp3) is 0.412. The van der Waals surface area contributed by atoms with Crippen molar-refractivity contribution >= 4 is 18.3 Å². The standard InChI is InChI=1S/C17H22N4O2.ClH/c1-23-16-6-4-13(5-7-16)11-21-12-14(9-19-21)17(22)20-15-3-2-8-18-10-15;/h4-7,9,12,15,18H,2-3,8,10-11H2,1H3,(H,20,22);1H. The highest BCUT2D eigenvalue weighted by Gasteiger charge is 2.17. The van der Waals surface area contributed by atoms with E-state index in [1.54, 1.807) is 24.2 Å². The predicted octanol–water partition coefficient (Wildman–Crippen LogP) is 1.84. The van der Waals surface area contributed by atoms with Crippen LogP contribution in [0.15, 0.2) is 36.7 Å². The molecule has 130 valence electrons. The third-order valence-corrected chi connectivity index (χ3v) is 4.03. The van der Waals surface area contributed by atoms with E-state index in [2.05, 4.69) is 15.7 Å². The Labute approximate surface area is 148 Å². The molecule has 1 atom stereocenters. The number of methoxy groups -OCH3 is 1. The zero-order chi connectivity index (χ0) is 16.1. The molecule has 1 aromatic carbocycles. The van der Waals surface area contributed by atoms with E-state index in [4.69, 9.17) is 4.74 Å². The van der Waals surface area contributed by atoms with Crippen molar-refractivity contribution in [1.29, 1.82) is 0 Å². The molecule has 0 spiro atoms. The van der Waals surface area contributed by atoms with Gasteiger partial charge in [0, 0.05) is 18.8 Å². The SMILES string of the molecule is COc1ccc(Cn2cc(C(=O)NC3CCCNC3)cn2)cc1.Cl. The Morgan fingerprint density at radius 1 is 1.42 bits per heavy atom. The number of ether oxygens (including phenoxy) is 1. The first kappa shape index (κ1) is 18.3. The Balaban J connectivity index is 0.00000208. The Morgan fingerprint density at radius 2 is 2.21 bits per heavy atom. The molecule has 1 fully saturated rings. The van der Waals surface area contributed by atoms with Gasteiger partial charge in [0.2, 0.25) is 0 Å². The normalized spacial score (nSPS) is 17.0. The van der Waals surface area contributed by atoms with Crippen molar-refractivity contribution < 1.29 is 9.53 Å². The van der Waals surface area contributed by atoms with Gasteiger partial charge < -0.3 is 15.4 Å². The van der Waals surface area contributed by atoms with Gasteiger partial charge in [-0.3, -0.25) is 9.48 Å². The fourth-order valence-electron chi connectivity index (χ4n) is 2.73. The van der Waals surface area contributed by atoms with Gasteiger partial charge in [-0.25, -0.2) is 0 Å². The van der Waals surface area contributed by atoms with Crippen molar-refractivity contribution in [2.24, 2.45) is 0 Å². The lowest BCUT2D eigenvalue weighted by atomic mass is 10.1. The van der Waals surface area contributed by atoms with E-state index in [1.165, 1.54) is 0 Å². The van der Waals surface area contributed by atoms with Gasteiger partial charge in [-0.05, 0) is 37.1 Å². The van der Waals surface area contributed by atoms with E-state index >= 15 is 0 Å². The van der Waals surface area contributed by atoms with Gasteiger partial charge in [0.15, 0.2) is 0 Å². The Kier molecular flexibility index (Phi) is 6.63. The Morgan fingerprint density at radius 3 is 2.88 bits per heavy atom. The van der Waals surface area contributed by atoms with Gasteiger partial charge in [-0.1, -0.05) is 12.1 Å². The van der Waals surface area contributed by atoms with Crippen LogP contribution in [0.25, 0.3) is 0 Å². The summed E-state index contributed by atoms with van der Waals surface area (Å²) in [5, 5.41) is 10.6. The molecular weight excluding hydrogens is 328 g/mol. The van der Waals surface area contributed by atoms with Crippen molar-refractivity contribution in [3.63, 3.8) is 0 Å². The molecule has 1 aliphatic rings. The van der Waals surface area contributed by atoms with E-state index in [-0.39, 0.29) is 24.4 Å². The topological polar surface area (TPSA) is 68.2 Å². The van der Waals surface area contributed by atoms with Gasteiger partial charge in [0.05, 0.1) is 25.4 Å².